The van der Waals surface area contributed by atoms with Crippen LogP contribution in [0.15, 0.2) is 17.1 Å². The second kappa shape index (κ2) is 6.95. The van der Waals surface area contributed by atoms with Crippen LogP contribution in [-0.2, 0) is 7.05 Å². The number of aryl methyl sites for hydroxylation is 3. The molecule has 0 atom stereocenters. The lowest BCUT2D eigenvalue weighted by atomic mass is 9.91. The molecule has 0 aliphatic carbocycles. The summed E-state index contributed by atoms with van der Waals surface area (Å²) < 4.78 is 1.69. The van der Waals surface area contributed by atoms with Crippen LogP contribution < -0.4 is 10.9 Å². The number of rotatable bonds is 3. The van der Waals surface area contributed by atoms with Crippen LogP contribution in [0.1, 0.15) is 60.1 Å². The molecule has 1 saturated heterocycles. The molecule has 0 bridgehead atoms. The summed E-state index contributed by atoms with van der Waals surface area (Å²) in [5.41, 5.74) is 5.97. The number of aromatic amines is 1. The van der Waals surface area contributed by atoms with Crippen LogP contribution in [0.25, 0.3) is 21.5 Å². The highest BCUT2D eigenvalue weighted by Gasteiger charge is 2.26. The summed E-state index contributed by atoms with van der Waals surface area (Å²) in [6.07, 6.45) is 4.42. The molecule has 4 heterocycles. The van der Waals surface area contributed by atoms with Crippen LogP contribution in [0.4, 0.5) is 0 Å². The molecule has 1 aliphatic heterocycles. The molecule has 0 amide bonds. The number of fused-ring (bicyclic) bond motifs is 1. The van der Waals surface area contributed by atoms with Crippen LogP contribution in [-0.4, -0.2) is 22.6 Å². The first-order valence-corrected chi connectivity index (χ1v) is 10.7. The first-order valence-electron chi connectivity index (χ1n) is 9.91. The molecule has 1 aliphatic rings. The molecule has 4 rings (SSSR count). The maximum Gasteiger partial charge on any atom is 0.253 e. The van der Waals surface area contributed by atoms with Crippen molar-refractivity contribution in [3.05, 3.63) is 44.2 Å². The van der Waals surface area contributed by atoms with Gasteiger partial charge in [-0.25, -0.2) is 0 Å². The van der Waals surface area contributed by atoms with Gasteiger partial charge in [-0.2, -0.15) is 0 Å². The zero-order valence-corrected chi connectivity index (χ0v) is 17.7. The SMILES string of the molecule is Cc1cc(-c2[nH]c3sc(C4CCNCC4)c(C)c3c2C(C)C)cn(C)c1=O. The topological polar surface area (TPSA) is 49.8 Å². The normalized spacial score (nSPS) is 15.9. The van der Waals surface area contributed by atoms with Crippen LogP contribution in [0, 0.1) is 13.8 Å². The minimum atomic E-state index is 0.0718. The smallest absolute Gasteiger partial charge is 0.253 e. The Morgan fingerprint density at radius 2 is 1.93 bits per heavy atom. The predicted molar refractivity (Wildman–Crippen MR) is 115 cm³/mol. The number of hydrogen-bond donors (Lipinski definition) is 2. The first-order chi connectivity index (χ1) is 12.9. The number of nitrogens with zero attached hydrogens (tertiary/aromatic N) is 1. The van der Waals surface area contributed by atoms with E-state index in [-0.39, 0.29) is 5.56 Å². The average molecular weight is 384 g/mol. The maximum absolute atomic E-state index is 12.1. The molecule has 0 radical (unpaired) electrons. The third-order valence-corrected chi connectivity index (χ3v) is 7.27. The Kier molecular flexibility index (Phi) is 4.77. The average Bonchev–Trinajstić information content (AvgIpc) is 3.17. The standard InChI is InChI=1S/C22H29N3OS/c1-12(2)17-18-14(4)20(15-6-8-23-9-7-15)27-21(18)24-19(17)16-10-13(3)22(26)25(5)11-16/h10-12,15,23-24H,6-9H2,1-5H3. The Balaban J connectivity index is 1.90. The number of pyridine rings is 1. The summed E-state index contributed by atoms with van der Waals surface area (Å²) >= 11 is 1.94. The highest BCUT2D eigenvalue weighted by atomic mass is 32.1. The summed E-state index contributed by atoms with van der Waals surface area (Å²) in [5.74, 6) is 1.10. The van der Waals surface area contributed by atoms with Gasteiger partial charge in [0.1, 0.15) is 4.83 Å². The third kappa shape index (κ3) is 3.07. The van der Waals surface area contributed by atoms with Crippen molar-refractivity contribution in [1.82, 2.24) is 14.9 Å². The Morgan fingerprint density at radius 3 is 2.56 bits per heavy atom. The van der Waals surface area contributed by atoms with Crippen molar-refractivity contribution >= 4 is 21.6 Å². The number of aromatic nitrogens is 2. The minimum absolute atomic E-state index is 0.0718. The summed E-state index contributed by atoms with van der Waals surface area (Å²) in [6, 6.07) is 2.02. The van der Waals surface area contributed by atoms with Crippen LogP contribution in [0.2, 0.25) is 0 Å². The van der Waals surface area contributed by atoms with E-state index in [0.29, 0.717) is 11.8 Å². The zero-order valence-electron chi connectivity index (χ0n) is 16.9. The molecule has 0 unspecified atom stereocenters. The zero-order chi connectivity index (χ0) is 19.3. The van der Waals surface area contributed by atoms with Gasteiger partial charge in [0.05, 0.1) is 5.69 Å². The van der Waals surface area contributed by atoms with E-state index in [0.717, 1.165) is 24.2 Å². The van der Waals surface area contributed by atoms with Crippen molar-refractivity contribution < 1.29 is 0 Å². The fourth-order valence-electron chi connectivity index (χ4n) is 4.54. The van der Waals surface area contributed by atoms with Crippen LogP contribution in [0.3, 0.4) is 0 Å². The van der Waals surface area contributed by atoms with E-state index in [4.69, 9.17) is 0 Å². The fourth-order valence-corrected chi connectivity index (χ4v) is 5.94. The van der Waals surface area contributed by atoms with Crippen molar-refractivity contribution in [2.24, 2.45) is 7.05 Å². The van der Waals surface area contributed by atoms with Gasteiger partial charge in [0.2, 0.25) is 0 Å². The minimum Gasteiger partial charge on any atom is -0.346 e. The fraction of sp³-hybridized carbons (Fsp3) is 0.500. The molecule has 0 saturated carbocycles. The van der Waals surface area contributed by atoms with Gasteiger partial charge in [0.15, 0.2) is 0 Å². The van der Waals surface area contributed by atoms with Crippen molar-refractivity contribution in [3.63, 3.8) is 0 Å². The van der Waals surface area contributed by atoms with E-state index in [1.807, 2.05) is 37.6 Å². The molecule has 0 aromatic carbocycles. The van der Waals surface area contributed by atoms with Gasteiger partial charge in [-0.3, -0.25) is 4.79 Å². The third-order valence-electron chi connectivity index (χ3n) is 5.90. The molecule has 27 heavy (non-hydrogen) atoms. The molecular formula is C22H29N3OS. The summed E-state index contributed by atoms with van der Waals surface area (Å²) in [7, 11) is 1.83. The van der Waals surface area contributed by atoms with Gasteiger partial charge in [-0.05, 0) is 68.8 Å². The van der Waals surface area contributed by atoms with Crippen LogP contribution in [0.5, 0.6) is 0 Å². The maximum atomic E-state index is 12.1. The number of nitrogens with one attached hydrogen (secondary N) is 2. The van der Waals surface area contributed by atoms with Gasteiger partial charge >= 0.3 is 0 Å². The van der Waals surface area contributed by atoms with Crippen molar-refractivity contribution in [2.75, 3.05) is 13.1 Å². The molecule has 3 aromatic heterocycles. The predicted octanol–water partition coefficient (Wildman–Crippen LogP) is 4.80. The lowest BCUT2D eigenvalue weighted by Crippen LogP contribution is -2.26. The van der Waals surface area contributed by atoms with Crippen molar-refractivity contribution in [3.8, 4) is 11.3 Å². The van der Waals surface area contributed by atoms with Gasteiger partial charge in [0, 0.05) is 34.6 Å². The van der Waals surface area contributed by atoms with Crippen LogP contribution >= 0.6 is 11.3 Å². The quantitative estimate of drug-likeness (QED) is 0.682. The monoisotopic (exact) mass is 383 g/mol. The number of hydrogen-bond acceptors (Lipinski definition) is 3. The Hall–Kier alpha value is -1.85. The molecule has 4 nitrogen and oxygen atoms in total. The second-order valence-corrected chi connectivity index (χ2v) is 9.27. The largest absolute Gasteiger partial charge is 0.346 e. The number of piperidine rings is 1. The van der Waals surface area contributed by atoms with E-state index in [9.17, 15) is 4.79 Å². The molecular weight excluding hydrogens is 354 g/mol. The molecule has 2 N–H and O–H groups in total. The molecule has 1 fully saturated rings. The number of thiophene rings is 1. The highest BCUT2D eigenvalue weighted by molar-refractivity contribution is 7.19. The Bertz CT molecular complexity index is 1020. The highest BCUT2D eigenvalue weighted by Crippen LogP contribution is 2.45. The summed E-state index contributed by atoms with van der Waals surface area (Å²) in [6.45, 7) is 11.0. The van der Waals surface area contributed by atoms with E-state index >= 15 is 0 Å². The van der Waals surface area contributed by atoms with Gasteiger partial charge in [-0.15, -0.1) is 11.3 Å². The van der Waals surface area contributed by atoms with Crippen molar-refractivity contribution in [1.29, 1.82) is 0 Å². The lowest BCUT2D eigenvalue weighted by molar-refractivity contribution is 0.464. The lowest BCUT2D eigenvalue weighted by Gasteiger charge is -2.22. The Morgan fingerprint density at radius 1 is 1.22 bits per heavy atom. The molecule has 5 heteroatoms. The molecule has 144 valence electrons. The van der Waals surface area contributed by atoms with E-state index in [1.54, 1.807) is 9.44 Å². The van der Waals surface area contributed by atoms with Crippen molar-refractivity contribution in [2.45, 2.75) is 52.4 Å². The van der Waals surface area contributed by atoms with Gasteiger partial charge in [0.25, 0.3) is 5.56 Å². The van der Waals surface area contributed by atoms with Gasteiger partial charge < -0.3 is 14.9 Å². The van der Waals surface area contributed by atoms with E-state index < -0.39 is 0 Å². The molecule has 0 spiro atoms. The second-order valence-electron chi connectivity index (χ2n) is 8.22. The van der Waals surface area contributed by atoms with E-state index in [1.165, 1.54) is 39.9 Å². The summed E-state index contributed by atoms with van der Waals surface area (Å²) in [5, 5.41) is 4.88. The van der Waals surface area contributed by atoms with Gasteiger partial charge in [-0.1, -0.05) is 13.8 Å². The summed E-state index contributed by atoms with van der Waals surface area (Å²) in [4.78, 5) is 18.7. The first kappa shape index (κ1) is 18.5. The molecule has 3 aromatic rings. The Labute approximate surface area is 164 Å². The van der Waals surface area contributed by atoms with E-state index in [2.05, 4.69) is 31.1 Å². The number of H-pyrrole nitrogens is 1.